The molecule has 3 heteroatoms. The Morgan fingerprint density at radius 3 is 2.77 bits per heavy atom. The van der Waals surface area contributed by atoms with Crippen LogP contribution in [0.4, 0.5) is 10.1 Å². The number of hydrogen-bond acceptors (Lipinski definition) is 2. The van der Waals surface area contributed by atoms with E-state index >= 15 is 0 Å². The van der Waals surface area contributed by atoms with Gasteiger partial charge >= 0.3 is 0 Å². The summed E-state index contributed by atoms with van der Waals surface area (Å²) in [5, 5.41) is 8.36. The van der Waals surface area contributed by atoms with E-state index in [9.17, 15) is 4.39 Å². The van der Waals surface area contributed by atoms with Gasteiger partial charge in [-0.25, -0.2) is 4.39 Å². The summed E-state index contributed by atoms with van der Waals surface area (Å²) in [6.07, 6.45) is 0.408. The van der Waals surface area contributed by atoms with Gasteiger partial charge in [-0.1, -0.05) is 12.1 Å². The third kappa shape index (κ3) is 2.45. The molecule has 1 aromatic rings. The first-order chi connectivity index (χ1) is 6.25. The van der Waals surface area contributed by atoms with Crippen molar-refractivity contribution in [1.82, 2.24) is 0 Å². The van der Waals surface area contributed by atoms with Crippen LogP contribution in [0.25, 0.3) is 0 Å². The van der Waals surface area contributed by atoms with Crippen molar-refractivity contribution in [2.75, 3.05) is 18.5 Å². The fourth-order valence-corrected chi connectivity index (χ4v) is 1.10. The highest BCUT2D eigenvalue weighted by atomic mass is 19.1. The lowest BCUT2D eigenvalue weighted by Crippen LogP contribution is -2.19. The molecule has 0 aliphatic carbocycles. The monoisotopic (exact) mass is 178 g/mol. The summed E-state index contributed by atoms with van der Waals surface area (Å²) in [6.45, 7) is 0.553. The van der Waals surface area contributed by atoms with Crippen molar-refractivity contribution in [2.24, 2.45) is 0 Å². The van der Waals surface area contributed by atoms with E-state index in [1.54, 1.807) is 30.1 Å². The van der Waals surface area contributed by atoms with Crippen molar-refractivity contribution >= 4 is 5.69 Å². The molecular formula is C10H11FN2. The molecule has 68 valence electrons. The summed E-state index contributed by atoms with van der Waals surface area (Å²) in [6, 6.07) is 8.57. The van der Waals surface area contributed by atoms with Crippen LogP contribution in [0.3, 0.4) is 0 Å². The third-order valence-electron chi connectivity index (χ3n) is 1.82. The van der Waals surface area contributed by atoms with E-state index in [2.05, 4.69) is 0 Å². The maximum atomic E-state index is 13.1. The van der Waals surface area contributed by atoms with Crippen molar-refractivity contribution in [3.05, 3.63) is 30.1 Å². The van der Waals surface area contributed by atoms with Gasteiger partial charge in [0.1, 0.15) is 5.82 Å². The van der Waals surface area contributed by atoms with Gasteiger partial charge in [-0.3, -0.25) is 0 Å². The van der Waals surface area contributed by atoms with Gasteiger partial charge in [0.05, 0.1) is 18.2 Å². The number of nitrogens with zero attached hydrogens (tertiary/aromatic N) is 2. The van der Waals surface area contributed by atoms with Crippen LogP contribution < -0.4 is 4.90 Å². The number of rotatable bonds is 3. The molecule has 0 atom stereocenters. The molecule has 0 amide bonds. The van der Waals surface area contributed by atoms with Crippen LogP contribution in [-0.4, -0.2) is 13.6 Å². The average Bonchev–Trinajstić information content (AvgIpc) is 2.15. The minimum absolute atomic E-state index is 0.247. The van der Waals surface area contributed by atoms with E-state index in [4.69, 9.17) is 5.26 Å². The molecule has 1 rings (SSSR count). The maximum Gasteiger partial charge on any atom is 0.146 e. The van der Waals surface area contributed by atoms with Crippen LogP contribution in [0, 0.1) is 17.1 Å². The van der Waals surface area contributed by atoms with Gasteiger partial charge in [0, 0.05) is 13.6 Å². The summed E-state index contributed by atoms with van der Waals surface area (Å²) in [5.41, 5.74) is 0.540. The molecule has 0 heterocycles. The van der Waals surface area contributed by atoms with Gasteiger partial charge in [-0.05, 0) is 12.1 Å². The molecule has 0 fully saturated rings. The number of hydrogen-bond donors (Lipinski definition) is 0. The lowest BCUT2D eigenvalue weighted by molar-refractivity contribution is 0.622. The Labute approximate surface area is 77.2 Å². The summed E-state index contributed by atoms with van der Waals surface area (Å²) in [5.74, 6) is -0.247. The highest BCUT2D eigenvalue weighted by Gasteiger charge is 2.04. The zero-order chi connectivity index (χ0) is 9.68. The van der Waals surface area contributed by atoms with E-state index in [0.29, 0.717) is 18.7 Å². The standard InChI is InChI=1S/C10H11FN2/c1-13(8-4-7-12)10-6-3-2-5-9(10)11/h2-3,5-6H,4,8H2,1H3. The number of anilines is 1. The fourth-order valence-electron chi connectivity index (χ4n) is 1.10. The first kappa shape index (κ1) is 9.53. The van der Waals surface area contributed by atoms with Crippen LogP contribution in [0.15, 0.2) is 24.3 Å². The predicted octanol–water partition coefficient (Wildman–Crippen LogP) is 2.18. The van der Waals surface area contributed by atoms with E-state index in [1.807, 2.05) is 6.07 Å². The average molecular weight is 178 g/mol. The number of benzene rings is 1. The molecule has 2 nitrogen and oxygen atoms in total. The summed E-state index contributed by atoms with van der Waals surface area (Å²) in [4.78, 5) is 1.73. The number of halogens is 1. The molecule has 0 aromatic heterocycles. The first-order valence-corrected chi connectivity index (χ1v) is 4.08. The highest BCUT2D eigenvalue weighted by molar-refractivity contribution is 5.46. The van der Waals surface area contributed by atoms with Crippen LogP contribution in [0.1, 0.15) is 6.42 Å². The third-order valence-corrected chi connectivity index (χ3v) is 1.82. The fraction of sp³-hybridized carbons (Fsp3) is 0.300. The molecule has 0 saturated carbocycles. The van der Waals surface area contributed by atoms with Crippen molar-refractivity contribution in [3.8, 4) is 6.07 Å². The highest BCUT2D eigenvalue weighted by Crippen LogP contribution is 2.16. The number of nitriles is 1. The Morgan fingerprint density at radius 2 is 2.15 bits per heavy atom. The molecule has 0 N–H and O–H groups in total. The molecule has 1 aromatic carbocycles. The van der Waals surface area contributed by atoms with E-state index in [1.165, 1.54) is 6.07 Å². The largest absolute Gasteiger partial charge is 0.371 e. The zero-order valence-electron chi connectivity index (χ0n) is 7.50. The van der Waals surface area contributed by atoms with Gasteiger partial charge in [-0.15, -0.1) is 0 Å². The Bertz CT molecular complexity index is 317. The van der Waals surface area contributed by atoms with Crippen LogP contribution in [0.5, 0.6) is 0 Å². The van der Waals surface area contributed by atoms with Crippen LogP contribution in [0.2, 0.25) is 0 Å². The topological polar surface area (TPSA) is 27.0 Å². The Balaban J connectivity index is 2.72. The normalized spacial score (nSPS) is 9.31. The maximum absolute atomic E-state index is 13.1. The lowest BCUT2D eigenvalue weighted by atomic mass is 10.2. The molecule has 0 aliphatic rings. The Hall–Kier alpha value is -1.56. The quantitative estimate of drug-likeness (QED) is 0.709. The summed E-state index contributed by atoms with van der Waals surface area (Å²) >= 11 is 0. The second-order valence-electron chi connectivity index (χ2n) is 2.78. The molecular weight excluding hydrogens is 167 g/mol. The molecule has 0 saturated heterocycles. The summed E-state index contributed by atoms with van der Waals surface area (Å²) < 4.78 is 13.1. The zero-order valence-corrected chi connectivity index (χ0v) is 7.50. The lowest BCUT2D eigenvalue weighted by Gasteiger charge is -2.17. The van der Waals surface area contributed by atoms with Gasteiger partial charge in [0.15, 0.2) is 0 Å². The summed E-state index contributed by atoms with van der Waals surface area (Å²) in [7, 11) is 1.77. The number of para-hydroxylation sites is 1. The first-order valence-electron chi connectivity index (χ1n) is 4.08. The Kier molecular flexibility index (Phi) is 3.27. The molecule has 13 heavy (non-hydrogen) atoms. The van der Waals surface area contributed by atoms with Crippen molar-refractivity contribution in [1.29, 1.82) is 5.26 Å². The molecule has 0 aliphatic heterocycles. The van der Waals surface area contributed by atoms with E-state index in [-0.39, 0.29) is 5.82 Å². The predicted molar refractivity (Wildman–Crippen MR) is 49.9 cm³/mol. The van der Waals surface area contributed by atoms with Crippen molar-refractivity contribution < 1.29 is 4.39 Å². The molecule has 0 bridgehead atoms. The van der Waals surface area contributed by atoms with Gasteiger partial charge in [-0.2, -0.15) is 5.26 Å². The SMILES string of the molecule is CN(CCC#N)c1ccccc1F. The van der Waals surface area contributed by atoms with E-state index < -0.39 is 0 Å². The minimum Gasteiger partial charge on any atom is -0.371 e. The smallest absolute Gasteiger partial charge is 0.146 e. The van der Waals surface area contributed by atoms with Crippen LogP contribution >= 0.6 is 0 Å². The van der Waals surface area contributed by atoms with E-state index in [0.717, 1.165) is 0 Å². The van der Waals surface area contributed by atoms with Crippen LogP contribution in [-0.2, 0) is 0 Å². The van der Waals surface area contributed by atoms with Gasteiger partial charge in [0.2, 0.25) is 0 Å². The second-order valence-corrected chi connectivity index (χ2v) is 2.78. The van der Waals surface area contributed by atoms with Crippen molar-refractivity contribution in [3.63, 3.8) is 0 Å². The molecule has 0 unspecified atom stereocenters. The minimum atomic E-state index is -0.247. The van der Waals surface area contributed by atoms with Gasteiger partial charge in [0.25, 0.3) is 0 Å². The second kappa shape index (κ2) is 4.46. The van der Waals surface area contributed by atoms with Gasteiger partial charge < -0.3 is 4.90 Å². The molecule has 0 spiro atoms. The van der Waals surface area contributed by atoms with Crippen molar-refractivity contribution in [2.45, 2.75) is 6.42 Å². The Morgan fingerprint density at radius 1 is 1.46 bits per heavy atom. The molecule has 0 radical (unpaired) electrons.